The number of carbonyl (C=O) groups excluding carboxylic acids is 1. The molecule has 1 aromatic heterocycles. The first-order valence-corrected chi connectivity index (χ1v) is 11.4. The van der Waals surface area contributed by atoms with E-state index >= 15 is 0 Å². The van der Waals surface area contributed by atoms with E-state index in [2.05, 4.69) is 20.7 Å². The highest BCUT2D eigenvalue weighted by atomic mass is 32.2. The molecule has 11 heteroatoms. The van der Waals surface area contributed by atoms with Crippen molar-refractivity contribution in [2.75, 3.05) is 12.9 Å². The summed E-state index contributed by atoms with van der Waals surface area (Å²) in [6, 6.07) is 22.8. The zero-order chi connectivity index (χ0) is 24.6. The number of benzene rings is 3. The van der Waals surface area contributed by atoms with Crippen molar-refractivity contribution in [3.63, 3.8) is 0 Å². The van der Waals surface area contributed by atoms with Gasteiger partial charge in [-0.1, -0.05) is 42.1 Å². The van der Waals surface area contributed by atoms with Gasteiger partial charge in [0.15, 0.2) is 11.0 Å². The summed E-state index contributed by atoms with van der Waals surface area (Å²) in [6.07, 6.45) is 1.54. The first-order valence-electron chi connectivity index (χ1n) is 10.4. The van der Waals surface area contributed by atoms with E-state index in [1.807, 2.05) is 42.5 Å². The number of nitrogens with zero attached hydrogens (tertiary/aromatic N) is 5. The molecular weight excluding hydrogens is 468 g/mol. The second-order valence-electron chi connectivity index (χ2n) is 7.14. The minimum absolute atomic E-state index is 0.0415. The lowest BCUT2D eigenvalue weighted by atomic mass is 10.2. The molecule has 0 spiro atoms. The van der Waals surface area contributed by atoms with Crippen LogP contribution in [0.2, 0.25) is 0 Å². The molecule has 1 amide bonds. The quantitative estimate of drug-likeness (QED) is 0.163. The summed E-state index contributed by atoms with van der Waals surface area (Å²) in [5.41, 5.74) is 4.56. The molecule has 0 aliphatic rings. The number of nitrogens with one attached hydrogen (secondary N) is 1. The molecule has 0 unspecified atom stereocenters. The summed E-state index contributed by atoms with van der Waals surface area (Å²) in [7, 11) is 1.59. The number of para-hydroxylation sites is 1. The molecule has 0 bridgehead atoms. The standard InChI is InChI=1S/C24H20N6O4S/c1-34-21-12-10-17(11-13-21)15-25-26-22(31)16-35-24-28-27-23(29(24)19-7-3-2-4-8-19)18-6-5-9-20(14-18)30(32)33/h2-15H,16H2,1H3,(H,26,31). The molecule has 4 aromatic rings. The third-order valence-corrected chi connectivity index (χ3v) is 5.74. The number of nitro groups is 1. The fourth-order valence-electron chi connectivity index (χ4n) is 3.15. The highest BCUT2D eigenvalue weighted by molar-refractivity contribution is 7.99. The maximum atomic E-state index is 12.4. The smallest absolute Gasteiger partial charge is 0.270 e. The van der Waals surface area contributed by atoms with Crippen LogP contribution in [-0.4, -0.2) is 44.7 Å². The Morgan fingerprint density at radius 2 is 1.89 bits per heavy atom. The van der Waals surface area contributed by atoms with E-state index in [1.165, 1.54) is 30.1 Å². The number of methoxy groups -OCH3 is 1. The first-order chi connectivity index (χ1) is 17.0. The molecule has 1 heterocycles. The number of thioether (sulfide) groups is 1. The predicted octanol–water partition coefficient (Wildman–Crippen LogP) is 4.09. The number of amides is 1. The fraction of sp³-hybridized carbons (Fsp3) is 0.0833. The number of hydrazone groups is 1. The van der Waals surface area contributed by atoms with Gasteiger partial charge in [0, 0.05) is 23.4 Å². The lowest BCUT2D eigenvalue weighted by Crippen LogP contribution is -2.20. The number of hydrogen-bond donors (Lipinski definition) is 1. The summed E-state index contributed by atoms with van der Waals surface area (Å²) < 4.78 is 6.88. The third-order valence-electron chi connectivity index (χ3n) is 4.81. The third kappa shape index (κ3) is 5.89. The molecule has 1 N–H and O–H groups in total. The first kappa shape index (κ1) is 23.6. The second-order valence-corrected chi connectivity index (χ2v) is 8.08. The summed E-state index contributed by atoms with van der Waals surface area (Å²) in [5.74, 6) is 0.883. The van der Waals surface area contributed by atoms with E-state index in [0.29, 0.717) is 16.5 Å². The van der Waals surface area contributed by atoms with Gasteiger partial charge in [0.05, 0.1) is 24.0 Å². The summed E-state index contributed by atoms with van der Waals surface area (Å²) in [6.45, 7) is 0. The van der Waals surface area contributed by atoms with Gasteiger partial charge in [0.2, 0.25) is 0 Å². The predicted molar refractivity (Wildman–Crippen MR) is 133 cm³/mol. The van der Waals surface area contributed by atoms with Crippen molar-refractivity contribution in [3.05, 3.63) is 94.5 Å². The van der Waals surface area contributed by atoms with E-state index in [9.17, 15) is 14.9 Å². The molecule has 0 aliphatic heterocycles. The van der Waals surface area contributed by atoms with Crippen molar-refractivity contribution >= 4 is 29.6 Å². The van der Waals surface area contributed by atoms with Crippen LogP contribution in [0.5, 0.6) is 5.75 Å². The Bertz CT molecular complexity index is 1360. The molecule has 0 atom stereocenters. The maximum absolute atomic E-state index is 12.4. The Balaban J connectivity index is 1.50. The zero-order valence-electron chi connectivity index (χ0n) is 18.6. The largest absolute Gasteiger partial charge is 0.497 e. The number of hydrogen-bond acceptors (Lipinski definition) is 8. The number of ether oxygens (including phenoxy) is 1. The molecule has 3 aromatic carbocycles. The van der Waals surface area contributed by atoms with Gasteiger partial charge < -0.3 is 4.74 Å². The van der Waals surface area contributed by atoms with Crippen LogP contribution in [0.25, 0.3) is 17.1 Å². The average Bonchev–Trinajstić information content (AvgIpc) is 3.32. The second kappa shape index (κ2) is 11.1. The maximum Gasteiger partial charge on any atom is 0.270 e. The Morgan fingerprint density at radius 1 is 1.11 bits per heavy atom. The van der Waals surface area contributed by atoms with Crippen LogP contribution in [0.4, 0.5) is 5.69 Å². The van der Waals surface area contributed by atoms with Gasteiger partial charge in [0.1, 0.15) is 5.75 Å². The Kier molecular flexibility index (Phi) is 7.48. The zero-order valence-corrected chi connectivity index (χ0v) is 19.4. The van der Waals surface area contributed by atoms with E-state index in [1.54, 1.807) is 35.9 Å². The molecule has 176 valence electrons. The number of non-ortho nitro benzene ring substituents is 1. The highest BCUT2D eigenvalue weighted by Gasteiger charge is 2.19. The molecule has 10 nitrogen and oxygen atoms in total. The van der Waals surface area contributed by atoms with Crippen molar-refractivity contribution in [1.82, 2.24) is 20.2 Å². The SMILES string of the molecule is COc1ccc(C=NNC(=O)CSc2nnc(-c3cccc([N+](=O)[O-])c3)n2-c2ccccc2)cc1. The number of carbonyl (C=O) groups is 1. The normalized spacial score (nSPS) is 10.9. The minimum atomic E-state index is -0.459. The fourth-order valence-corrected chi connectivity index (χ4v) is 3.89. The van der Waals surface area contributed by atoms with Gasteiger partial charge in [-0.15, -0.1) is 10.2 Å². The van der Waals surface area contributed by atoms with Crippen LogP contribution in [0.3, 0.4) is 0 Å². The molecule has 0 aliphatic carbocycles. The average molecular weight is 489 g/mol. The number of nitro benzene ring substituents is 1. The molecule has 0 radical (unpaired) electrons. The molecule has 0 saturated carbocycles. The topological polar surface area (TPSA) is 125 Å². The van der Waals surface area contributed by atoms with Crippen LogP contribution >= 0.6 is 11.8 Å². The minimum Gasteiger partial charge on any atom is -0.497 e. The van der Waals surface area contributed by atoms with Gasteiger partial charge >= 0.3 is 0 Å². The summed E-state index contributed by atoms with van der Waals surface area (Å²) in [4.78, 5) is 23.1. The Morgan fingerprint density at radius 3 is 2.60 bits per heavy atom. The summed E-state index contributed by atoms with van der Waals surface area (Å²) >= 11 is 1.18. The van der Waals surface area contributed by atoms with Crippen molar-refractivity contribution < 1.29 is 14.5 Å². The monoisotopic (exact) mass is 488 g/mol. The van der Waals surface area contributed by atoms with Crippen molar-refractivity contribution in [3.8, 4) is 22.8 Å². The Hall–Kier alpha value is -4.51. The van der Waals surface area contributed by atoms with Crippen LogP contribution in [0, 0.1) is 10.1 Å². The van der Waals surface area contributed by atoms with Crippen molar-refractivity contribution in [2.24, 2.45) is 5.10 Å². The van der Waals surface area contributed by atoms with Gasteiger partial charge in [-0.2, -0.15) is 5.10 Å². The molecule has 0 fully saturated rings. The van der Waals surface area contributed by atoms with Crippen molar-refractivity contribution in [2.45, 2.75) is 5.16 Å². The van der Waals surface area contributed by atoms with Gasteiger partial charge in [0.25, 0.3) is 11.6 Å². The lowest BCUT2D eigenvalue weighted by molar-refractivity contribution is -0.384. The van der Waals surface area contributed by atoms with Crippen LogP contribution in [0.1, 0.15) is 5.56 Å². The van der Waals surface area contributed by atoms with Gasteiger partial charge in [-0.25, -0.2) is 5.43 Å². The van der Waals surface area contributed by atoms with Gasteiger partial charge in [-0.3, -0.25) is 19.5 Å². The van der Waals surface area contributed by atoms with Crippen LogP contribution in [-0.2, 0) is 4.79 Å². The van der Waals surface area contributed by atoms with Crippen LogP contribution in [0.15, 0.2) is 89.1 Å². The lowest BCUT2D eigenvalue weighted by Gasteiger charge is -2.10. The van der Waals surface area contributed by atoms with E-state index < -0.39 is 4.92 Å². The molecular formula is C24H20N6O4S. The highest BCUT2D eigenvalue weighted by Crippen LogP contribution is 2.29. The number of aromatic nitrogens is 3. The van der Waals surface area contributed by atoms with E-state index in [0.717, 1.165) is 17.0 Å². The van der Waals surface area contributed by atoms with Crippen molar-refractivity contribution in [1.29, 1.82) is 0 Å². The molecule has 0 saturated heterocycles. The molecule has 4 rings (SSSR count). The Labute approximate surface area is 204 Å². The van der Waals surface area contributed by atoms with Gasteiger partial charge in [-0.05, 0) is 42.0 Å². The summed E-state index contributed by atoms with van der Waals surface area (Å²) in [5, 5.41) is 24.2. The van der Waals surface area contributed by atoms with E-state index in [-0.39, 0.29) is 17.3 Å². The number of rotatable bonds is 9. The van der Waals surface area contributed by atoms with Crippen LogP contribution < -0.4 is 10.2 Å². The molecule has 35 heavy (non-hydrogen) atoms. The van der Waals surface area contributed by atoms with E-state index in [4.69, 9.17) is 4.74 Å².